The molecule has 1 N–H and O–H groups in total. The Morgan fingerprint density at radius 1 is 1.11 bits per heavy atom. The molecule has 0 unspecified atom stereocenters. The molecule has 1 fully saturated rings. The molecule has 1 aliphatic heterocycles. The van der Waals surface area contributed by atoms with Gasteiger partial charge >= 0.3 is 0 Å². The van der Waals surface area contributed by atoms with Crippen LogP contribution in [0.4, 0.5) is 5.69 Å². The van der Waals surface area contributed by atoms with Crippen molar-refractivity contribution >= 4 is 17.5 Å². The van der Waals surface area contributed by atoms with E-state index in [1.807, 2.05) is 43.0 Å². The molecule has 7 nitrogen and oxygen atoms in total. The molecule has 148 valence electrons. The molecule has 0 bridgehead atoms. The molecule has 0 atom stereocenters. The van der Waals surface area contributed by atoms with Crippen molar-refractivity contribution in [2.45, 2.75) is 19.9 Å². The number of para-hydroxylation sites is 2. The lowest BCUT2D eigenvalue weighted by Crippen LogP contribution is -2.49. The van der Waals surface area contributed by atoms with Crippen LogP contribution in [0.2, 0.25) is 0 Å². The maximum atomic E-state index is 12.9. The number of anilines is 1. The van der Waals surface area contributed by atoms with Crippen molar-refractivity contribution in [2.24, 2.45) is 0 Å². The first-order valence-electron chi connectivity index (χ1n) is 9.43. The molecule has 1 aromatic carbocycles. The van der Waals surface area contributed by atoms with E-state index in [2.05, 4.69) is 15.2 Å². The predicted molar refractivity (Wildman–Crippen MR) is 108 cm³/mol. The lowest BCUT2D eigenvalue weighted by molar-refractivity contribution is 0.0746. The Kier molecular flexibility index (Phi) is 6.13. The van der Waals surface area contributed by atoms with Gasteiger partial charge in [-0.1, -0.05) is 12.1 Å². The quantitative estimate of drug-likeness (QED) is 0.858. The maximum absolute atomic E-state index is 12.9. The number of amides is 2. The lowest BCUT2D eigenvalue weighted by Gasteiger charge is -2.36. The summed E-state index contributed by atoms with van der Waals surface area (Å²) < 4.78 is 5.44. The molecule has 0 radical (unpaired) electrons. The number of ether oxygens (including phenoxy) is 1. The van der Waals surface area contributed by atoms with Crippen molar-refractivity contribution < 1.29 is 14.3 Å². The number of aromatic nitrogens is 1. The van der Waals surface area contributed by atoms with Gasteiger partial charge in [0.05, 0.1) is 12.8 Å². The van der Waals surface area contributed by atoms with Crippen molar-refractivity contribution in [3.05, 3.63) is 53.9 Å². The molecule has 2 heterocycles. The summed E-state index contributed by atoms with van der Waals surface area (Å²) in [5.41, 5.74) is 1.77. The van der Waals surface area contributed by atoms with E-state index < -0.39 is 0 Å². The minimum Gasteiger partial charge on any atom is -0.495 e. The zero-order chi connectivity index (χ0) is 20.1. The number of pyridine rings is 1. The average Bonchev–Trinajstić information content (AvgIpc) is 2.73. The van der Waals surface area contributed by atoms with E-state index in [1.165, 1.54) is 6.20 Å². The molecule has 1 aromatic heterocycles. The third-order valence-electron chi connectivity index (χ3n) is 4.65. The monoisotopic (exact) mass is 382 g/mol. The second-order valence-electron chi connectivity index (χ2n) is 7.01. The third-order valence-corrected chi connectivity index (χ3v) is 4.65. The van der Waals surface area contributed by atoms with Gasteiger partial charge in [-0.05, 0) is 38.1 Å². The number of hydrogen-bond acceptors (Lipinski definition) is 5. The minimum atomic E-state index is -0.273. The summed E-state index contributed by atoms with van der Waals surface area (Å²) in [6, 6.07) is 11.1. The Labute approximate surface area is 165 Å². The second kappa shape index (κ2) is 8.73. The van der Waals surface area contributed by atoms with Gasteiger partial charge in [0, 0.05) is 44.0 Å². The second-order valence-corrected chi connectivity index (χ2v) is 7.01. The number of rotatable bonds is 5. The Hall–Kier alpha value is -3.09. The van der Waals surface area contributed by atoms with Gasteiger partial charge in [-0.3, -0.25) is 14.6 Å². The molecular formula is C21H26N4O3. The number of carbonyl (C=O) groups is 2. The first-order chi connectivity index (χ1) is 13.5. The number of carbonyl (C=O) groups excluding carboxylic acids is 2. The van der Waals surface area contributed by atoms with Gasteiger partial charge < -0.3 is 19.9 Å². The fraction of sp³-hybridized carbons (Fsp3) is 0.381. The highest BCUT2D eigenvalue weighted by Gasteiger charge is 2.24. The van der Waals surface area contributed by atoms with Gasteiger partial charge in [0.2, 0.25) is 0 Å². The highest BCUT2D eigenvalue weighted by molar-refractivity contribution is 5.98. The fourth-order valence-corrected chi connectivity index (χ4v) is 3.25. The molecular weight excluding hydrogens is 356 g/mol. The highest BCUT2D eigenvalue weighted by Crippen LogP contribution is 2.28. The zero-order valence-corrected chi connectivity index (χ0v) is 16.5. The standard InChI is InChI=1S/C21H26N4O3/c1-15(2)23-20(26)17-14-16(8-9-22-17)21(27)25-12-10-24(11-13-25)18-6-4-5-7-19(18)28-3/h4-9,14-15H,10-13H2,1-3H3,(H,23,26). The van der Waals surface area contributed by atoms with E-state index >= 15 is 0 Å². The van der Waals surface area contributed by atoms with Crippen LogP contribution in [0.1, 0.15) is 34.7 Å². The van der Waals surface area contributed by atoms with Crippen LogP contribution >= 0.6 is 0 Å². The van der Waals surface area contributed by atoms with E-state index in [0.717, 1.165) is 24.5 Å². The minimum absolute atomic E-state index is 0.0108. The number of benzene rings is 1. The predicted octanol–water partition coefficient (Wildman–Crippen LogP) is 2.19. The van der Waals surface area contributed by atoms with Crippen molar-refractivity contribution in [1.29, 1.82) is 0 Å². The average molecular weight is 382 g/mol. The van der Waals surface area contributed by atoms with Crippen LogP contribution < -0.4 is 15.0 Å². The van der Waals surface area contributed by atoms with Crippen LogP contribution in [0, 0.1) is 0 Å². The number of nitrogens with one attached hydrogen (secondary N) is 1. The fourth-order valence-electron chi connectivity index (χ4n) is 3.25. The Balaban J connectivity index is 1.66. The van der Waals surface area contributed by atoms with Crippen LogP contribution in [0.5, 0.6) is 5.75 Å². The van der Waals surface area contributed by atoms with Gasteiger partial charge in [0.25, 0.3) is 11.8 Å². The molecule has 0 spiro atoms. The van der Waals surface area contributed by atoms with Gasteiger partial charge in [-0.15, -0.1) is 0 Å². The molecule has 0 aliphatic carbocycles. The van der Waals surface area contributed by atoms with Crippen molar-refractivity contribution in [2.75, 3.05) is 38.2 Å². The van der Waals surface area contributed by atoms with Crippen molar-refractivity contribution in [3.63, 3.8) is 0 Å². The van der Waals surface area contributed by atoms with E-state index in [1.54, 1.807) is 19.2 Å². The summed E-state index contributed by atoms with van der Waals surface area (Å²) in [6.07, 6.45) is 1.51. The van der Waals surface area contributed by atoms with E-state index in [9.17, 15) is 9.59 Å². The Morgan fingerprint density at radius 3 is 2.50 bits per heavy atom. The SMILES string of the molecule is COc1ccccc1N1CCN(C(=O)c2ccnc(C(=O)NC(C)C)c2)CC1. The number of methoxy groups -OCH3 is 1. The Morgan fingerprint density at radius 2 is 1.82 bits per heavy atom. The summed E-state index contributed by atoms with van der Waals surface area (Å²) in [5.74, 6) is 0.475. The molecule has 0 saturated carbocycles. The largest absolute Gasteiger partial charge is 0.495 e. The normalized spacial score (nSPS) is 14.1. The lowest BCUT2D eigenvalue weighted by atomic mass is 10.1. The van der Waals surface area contributed by atoms with Gasteiger partial charge in [-0.25, -0.2) is 0 Å². The summed E-state index contributed by atoms with van der Waals surface area (Å²) in [6.45, 7) is 6.41. The molecule has 3 rings (SSSR count). The molecule has 2 amide bonds. The molecule has 1 saturated heterocycles. The third kappa shape index (κ3) is 4.42. The first kappa shape index (κ1) is 19.7. The smallest absolute Gasteiger partial charge is 0.270 e. The van der Waals surface area contributed by atoms with Crippen LogP contribution in [0.15, 0.2) is 42.6 Å². The summed E-state index contributed by atoms with van der Waals surface area (Å²) >= 11 is 0. The van der Waals surface area contributed by atoms with Gasteiger partial charge in [-0.2, -0.15) is 0 Å². The maximum Gasteiger partial charge on any atom is 0.270 e. The molecule has 1 aliphatic rings. The van der Waals surface area contributed by atoms with Crippen LogP contribution in [0.3, 0.4) is 0 Å². The molecule has 28 heavy (non-hydrogen) atoms. The zero-order valence-electron chi connectivity index (χ0n) is 16.5. The summed E-state index contributed by atoms with van der Waals surface area (Å²) in [5, 5.41) is 2.79. The van der Waals surface area contributed by atoms with Gasteiger partial charge in [0.15, 0.2) is 0 Å². The van der Waals surface area contributed by atoms with E-state index in [-0.39, 0.29) is 23.6 Å². The number of piperazine rings is 1. The molecule has 7 heteroatoms. The van der Waals surface area contributed by atoms with Crippen molar-refractivity contribution in [1.82, 2.24) is 15.2 Å². The number of hydrogen-bond donors (Lipinski definition) is 1. The molecule has 2 aromatic rings. The summed E-state index contributed by atoms with van der Waals surface area (Å²) in [7, 11) is 1.66. The van der Waals surface area contributed by atoms with Gasteiger partial charge in [0.1, 0.15) is 11.4 Å². The summed E-state index contributed by atoms with van der Waals surface area (Å²) in [4.78, 5) is 33.2. The first-order valence-corrected chi connectivity index (χ1v) is 9.43. The van der Waals surface area contributed by atoms with Crippen molar-refractivity contribution in [3.8, 4) is 5.75 Å². The van der Waals surface area contributed by atoms with Crippen LogP contribution in [-0.2, 0) is 0 Å². The van der Waals surface area contributed by atoms with Crippen LogP contribution in [0.25, 0.3) is 0 Å². The number of nitrogens with zero attached hydrogens (tertiary/aromatic N) is 3. The van der Waals surface area contributed by atoms with Crippen LogP contribution in [-0.4, -0.2) is 61.0 Å². The topological polar surface area (TPSA) is 74.8 Å². The van der Waals surface area contributed by atoms with E-state index in [4.69, 9.17) is 4.74 Å². The highest BCUT2D eigenvalue weighted by atomic mass is 16.5. The van der Waals surface area contributed by atoms with E-state index in [0.29, 0.717) is 18.7 Å². The Bertz CT molecular complexity index is 845.